The van der Waals surface area contributed by atoms with E-state index >= 15 is 0 Å². The van der Waals surface area contributed by atoms with Crippen LogP contribution in [0.4, 0.5) is 0 Å². The Morgan fingerprint density at radius 1 is 1.10 bits per heavy atom. The first kappa shape index (κ1) is 15.8. The van der Waals surface area contributed by atoms with Crippen molar-refractivity contribution < 1.29 is 24.6 Å². The van der Waals surface area contributed by atoms with Gasteiger partial charge in [0.2, 0.25) is 0 Å². The van der Waals surface area contributed by atoms with E-state index < -0.39 is 0 Å². The van der Waals surface area contributed by atoms with Crippen LogP contribution in [0.1, 0.15) is 13.8 Å². The van der Waals surface area contributed by atoms with Crippen molar-refractivity contribution >= 4 is 18.7 Å². The maximum atomic E-state index is 9.44. The first-order chi connectivity index (χ1) is 4.56. The summed E-state index contributed by atoms with van der Waals surface area (Å²) < 4.78 is 0. The molecule has 0 saturated carbocycles. The molecule has 0 aromatic rings. The molecule has 0 atom stereocenters. The van der Waals surface area contributed by atoms with E-state index in [0.717, 1.165) is 0 Å². The van der Waals surface area contributed by atoms with Crippen LogP contribution in [0.2, 0.25) is 0 Å². The number of hydrogen-bond acceptors (Lipinski definition) is 3. The van der Waals surface area contributed by atoms with Crippen molar-refractivity contribution in [3.05, 3.63) is 0 Å². The van der Waals surface area contributed by atoms with E-state index in [0.29, 0.717) is 0 Å². The molecule has 5 nitrogen and oxygen atoms in total. The van der Waals surface area contributed by atoms with Crippen molar-refractivity contribution in [1.29, 1.82) is 0 Å². The summed E-state index contributed by atoms with van der Waals surface area (Å²) >= 11 is 0. The molecule has 5 heteroatoms. The maximum absolute atomic E-state index is 9.44. The lowest BCUT2D eigenvalue weighted by Gasteiger charge is -1.56. The van der Waals surface area contributed by atoms with Crippen LogP contribution in [0.3, 0.4) is 0 Å². The van der Waals surface area contributed by atoms with E-state index in [1.807, 2.05) is 0 Å². The normalized spacial score (nSPS) is 5.00. The molecule has 60 valence electrons. The van der Waals surface area contributed by atoms with Crippen LogP contribution in [0.25, 0.3) is 0 Å². The number of Topliss-reactive ketones (excluding diaryl/α,β-unsaturated/α-hetero) is 1. The van der Waals surface area contributed by atoms with Crippen molar-refractivity contribution in [2.45, 2.75) is 13.8 Å². The van der Waals surface area contributed by atoms with Gasteiger partial charge in [-0.2, -0.15) is 0 Å². The molecule has 0 aliphatic rings. The smallest absolute Gasteiger partial charge is 0.290 e. The molecule has 0 aromatic carbocycles. The van der Waals surface area contributed by atoms with Crippen LogP contribution in [0, 0.1) is 0 Å². The second kappa shape index (κ2) is 25.5. The summed E-state index contributed by atoms with van der Waals surface area (Å²) in [6, 6.07) is 0. The minimum atomic E-state index is -0.250. The lowest BCUT2D eigenvalue weighted by Crippen LogP contribution is -1.69. The van der Waals surface area contributed by atoms with Gasteiger partial charge in [-0.05, 0) is 13.8 Å². The Balaban J connectivity index is -0.0000000750. The summed E-state index contributed by atoms with van der Waals surface area (Å²) in [5, 5.41) is 13.8. The molecule has 0 rings (SSSR count). The number of carbonyl (C=O) groups excluding carboxylic acids is 1. The van der Waals surface area contributed by atoms with Gasteiger partial charge in [-0.25, -0.2) is 0 Å². The summed E-state index contributed by atoms with van der Waals surface area (Å²) in [4.78, 5) is 26.2. The Kier molecular flexibility index (Phi) is 40.4. The third kappa shape index (κ3) is 108. The van der Waals surface area contributed by atoms with E-state index in [2.05, 4.69) is 0 Å². The number of carbonyl (C=O) groups is 3. The number of rotatable bonds is 0. The highest BCUT2D eigenvalue weighted by Crippen LogP contribution is 1.50. The highest BCUT2D eigenvalue weighted by molar-refractivity contribution is 5.72. The SMILES string of the molecule is CC(C)=O.O=CO.O=CO. The standard InChI is InChI=1S/C3H6O.2CH2O2/c1-3(2)4;2*2-1-3/h1-2H3;2*1H,(H,2,3). The fourth-order valence-electron chi connectivity index (χ4n) is 0. The summed E-state index contributed by atoms with van der Waals surface area (Å²) in [6.45, 7) is 2.56. The topological polar surface area (TPSA) is 91.7 Å². The highest BCUT2D eigenvalue weighted by Gasteiger charge is 1.62. The second-order valence-corrected chi connectivity index (χ2v) is 1.12. The van der Waals surface area contributed by atoms with E-state index in [9.17, 15) is 4.79 Å². The minimum absolute atomic E-state index is 0.167. The van der Waals surface area contributed by atoms with Gasteiger partial charge in [0.25, 0.3) is 12.9 Å². The lowest BCUT2D eigenvalue weighted by atomic mass is 10.6. The van der Waals surface area contributed by atoms with Gasteiger partial charge < -0.3 is 15.0 Å². The lowest BCUT2D eigenvalue weighted by molar-refractivity contribution is -0.123. The molecule has 0 spiro atoms. The molecule has 0 aliphatic carbocycles. The van der Waals surface area contributed by atoms with Gasteiger partial charge >= 0.3 is 0 Å². The molecule has 2 N–H and O–H groups in total. The molecular formula is C5H10O5. The van der Waals surface area contributed by atoms with Gasteiger partial charge in [-0.3, -0.25) is 9.59 Å². The molecule has 0 saturated heterocycles. The Bertz CT molecular complexity index is 78.0. The molecule has 10 heavy (non-hydrogen) atoms. The third-order valence-electron chi connectivity index (χ3n) is 0. The van der Waals surface area contributed by atoms with Gasteiger partial charge in [0, 0.05) is 0 Å². The fraction of sp³-hybridized carbons (Fsp3) is 0.400. The average molecular weight is 150 g/mol. The van der Waals surface area contributed by atoms with Crippen molar-refractivity contribution in [2.24, 2.45) is 0 Å². The molecule has 0 aliphatic heterocycles. The number of hydrogen-bond donors (Lipinski definition) is 2. The molecule has 0 amide bonds. The molecule has 0 radical (unpaired) electrons. The number of ketones is 1. The van der Waals surface area contributed by atoms with Crippen LogP contribution >= 0.6 is 0 Å². The Morgan fingerprint density at radius 3 is 1.10 bits per heavy atom. The molecule has 0 unspecified atom stereocenters. The largest absolute Gasteiger partial charge is 0.483 e. The van der Waals surface area contributed by atoms with Crippen molar-refractivity contribution in [3.8, 4) is 0 Å². The van der Waals surface area contributed by atoms with Crippen molar-refractivity contribution in [2.75, 3.05) is 0 Å². The van der Waals surface area contributed by atoms with Crippen molar-refractivity contribution in [1.82, 2.24) is 0 Å². The molecule has 0 bridgehead atoms. The predicted molar refractivity (Wildman–Crippen MR) is 33.7 cm³/mol. The molecular weight excluding hydrogens is 140 g/mol. The average Bonchev–Trinajstić information content (AvgIpc) is 1.65. The van der Waals surface area contributed by atoms with Crippen LogP contribution < -0.4 is 0 Å². The Hall–Kier alpha value is -1.39. The first-order valence-corrected chi connectivity index (χ1v) is 2.19. The van der Waals surface area contributed by atoms with Crippen molar-refractivity contribution in [3.63, 3.8) is 0 Å². The summed E-state index contributed by atoms with van der Waals surface area (Å²) in [5.41, 5.74) is 0. The minimum Gasteiger partial charge on any atom is -0.483 e. The summed E-state index contributed by atoms with van der Waals surface area (Å²) in [7, 11) is 0. The zero-order chi connectivity index (χ0) is 8.99. The maximum Gasteiger partial charge on any atom is 0.290 e. The van der Waals surface area contributed by atoms with Crippen LogP contribution in [-0.2, 0) is 14.4 Å². The summed E-state index contributed by atoms with van der Waals surface area (Å²) in [5.74, 6) is 0.167. The highest BCUT2D eigenvalue weighted by atomic mass is 16.3. The van der Waals surface area contributed by atoms with Gasteiger partial charge in [0.05, 0.1) is 0 Å². The second-order valence-electron chi connectivity index (χ2n) is 1.12. The molecule has 0 fully saturated rings. The summed E-state index contributed by atoms with van der Waals surface area (Å²) in [6.07, 6.45) is 0. The molecule has 0 aromatic heterocycles. The van der Waals surface area contributed by atoms with Gasteiger partial charge in [-0.15, -0.1) is 0 Å². The molecule has 0 heterocycles. The van der Waals surface area contributed by atoms with E-state index in [1.54, 1.807) is 0 Å². The van der Waals surface area contributed by atoms with E-state index in [4.69, 9.17) is 19.8 Å². The monoisotopic (exact) mass is 150 g/mol. The van der Waals surface area contributed by atoms with E-state index in [1.165, 1.54) is 13.8 Å². The zero-order valence-corrected chi connectivity index (χ0v) is 5.77. The predicted octanol–water partition coefficient (Wildman–Crippen LogP) is -0.00310. The van der Waals surface area contributed by atoms with Gasteiger partial charge in [0.15, 0.2) is 0 Å². The van der Waals surface area contributed by atoms with Crippen LogP contribution in [-0.4, -0.2) is 28.9 Å². The Labute approximate surface area is 58.3 Å². The van der Waals surface area contributed by atoms with Gasteiger partial charge in [0.1, 0.15) is 5.78 Å². The van der Waals surface area contributed by atoms with Crippen LogP contribution in [0.15, 0.2) is 0 Å². The quantitative estimate of drug-likeness (QED) is 0.474. The first-order valence-electron chi connectivity index (χ1n) is 2.19. The van der Waals surface area contributed by atoms with Crippen LogP contribution in [0.5, 0.6) is 0 Å². The third-order valence-corrected chi connectivity index (χ3v) is 0. The van der Waals surface area contributed by atoms with E-state index in [-0.39, 0.29) is 18.7 Å². The van der Waals surface area contributed by atoms with Gasteiger partial charge in [-0.1, -0.05) is 0 Å². The number of carboxylic acid groups (broad SMARTS) is 2. The zero-order valence-electron chi connectivity index (χ0n) is 5.77. The Morgan fingerprint density at radius 2 is 1.10 bits per heavy atom. The fourth-order valence-corrected chi connectivity index (χ4v) is 0.